The number of aliphatic hydroxyl groups is 1. The molecule has 2 heterocycles. The molecule has 0 radical (unpaired) electrons. The van der Waals surface area contributed by atoms with Gasteiger partial charge in [-0.1, -0.05) is 41.5 Å². The van der Waals surface area contributed by atoms with Crippen LogP contribution < -0.4 is 5.43 Å². The zero-order chi connectivity index (χ0) is 18.4. The minimum atomic E-state index is -0.550. The highest BCUT2D eigenvalue weighted by Crippen LogP contribution is 2.37. The van der Waals surface area contributed by atoms with Gasteiger partial charge in [0.25, 0.3) is 5.91 Å². The molecule has 1 amide bonds. The molecule has 4 rings (SSSR count). The summed E-state index contributed by atoms with van der Waals surface area (Å²) in [4.78, 5) is 27.6. The van der Waals surface area contributed by atoms with Crippen LogP contribution in [0.4, 0.5) is 0 Å². The molecule has 0 unspecified atom stereocenters. The van der Waals surface area contributed by atoms with E-state index in [9.17, 15) is 14.7 Å². The smallest absolute Gasteiger partial charge is 0.290 e. The molecule has 5 nitrogen and oxygen atoms in total. The van der Waals surface area contributed by atoms with Gasteiger partial charge < -0.3 is 14.4 Å². The molecular weight excluding hydrogens is 330 g/mol. The van der Waals surface area contributed by atoms with Gasteiger partial charge in [0, 0.05) is 6.54 Å². The molecule has 0 saturated heterocycles. The van der Waals surface area contributed by atoms with Crippen LogP contribution in [0.25, 0.3) is 11.0 Å². The van der Waals surface area contributed by atoms with Crippen molar-refractivity contribution in [3.05, 3.63) is 80.7 Å². The second-order valence-corrected chi connectivity index (χ2v) is 6.71. The van der Waals surface area contributed by atoms with E-state index in [4.69, 9.17) is 4.42 Å². The first-order chi connectivity index (χ1) is 12.5. The summed E-state index contributed by atoms with van der Waals surface area (Å²) in [5.74, 6) is -0.287. The van der Waals surface area contributed by atoms with Crippen LogP contribution in [0.15, 0.2) is 51.7 Å². The third-order valence-electron chi connectivity index (χ3n) is 4.86. The van der Waals surface area contributed by atoms with Gasteiger partial charge in [-0.3, -0.25) is 9.59 Å². The normalized spacial score (nSPS) is 16.3. The van der Waals surface area contributed by atoms with E-state index in [1.54, 1.807) is 12.1 Å². The number of fused-ring (bicyclic) bond motifs is 2. The number of rotatable bonds is 3. The predicted molar refractivity (Wildman–Crippen MR) is 98.4 cm³/mol. The molecule has 26 heavy (non-hydrogen) atoms. The molecule has 1 aromatic heterocycles. The van der Waals surface area contributed by atoms with Crippen molar-refractivity contribution in [2.24, 2.45) is 0 Å². The second kappa shape index (κ2) is 6.11. The van der Waals surface area contributed by atoms with Gasteiger partial charge in [0.2, 0.25) is 5.76 Å². The van der Waals surface area contributed by atoms with E-state index in [1.165, 1.54) is 4.90 Å². The van der Waals surface area contributed by atoms with E-state index < -0.39 is 6.04 Å². The van der Waals surface area contributed by atoms with E-state index >= 15 is 0 Å². The van der Waals surface area contributed by atoms with Crippen molar-refractivity contribution in [3.63, 3.8) is 0 Å². The van der Waals surface area contributed by atoms with E-state index in [1.807, 2.05) is 44.2 Å². The Kier molecular flexibility index (Phi) is 3.89. The highest BCUT2D eigenvalue weighted by Gasteiger charge is 2.42. The maximum Gasteiger partial charge on any atom is 0.290 e. The van der Waals surface area contributed by atoms with Gasteiger partial charge in [-0.05, 0) is 31.5 Å². The Balaban J connectivity index is 2.01. The number of carbonyl (C=O) groups is 1. The summed E-state index contributed by atoms with van der Waals surface area (Å²) in [5, 5.41) is 9.90. The number of hydrogen-bond acceptors (Lipinski definition) is 4. The number of amides is 1. The van der Waals surface area contributed by atoms with Crippen molar-refractivity contribution in [2.45, 2.75) is 19.9 Å². The monoisotopic (exact) mass is 349 g/mol. The molecule has 5 heteroatoms. The minimum Gasteiger partial charge on any atom is -0.450 e. The Morgan fingerprint density at radius 2 is 1.73 bits per heavy atom. The van der Waals surface area contributed by atoms with Crippen molar-refractivity contribution in [2.75, 3.05) is 13.2 Å². The van der Waals surface area contributed by atoms with Crippen molar-refractivity contribution in [1.82, 2.24) is 4.90 Å². The maximum atomic E-state index is 13.2. The van der Waals surface area contributed by atoms with Crippen molar-refractivity contribution < 1.29 is 14.3 Å². The molecule has 0 spiro atoms. The summed E-state index contributed by atoms with van der Waals surface area (Å²) in [6.45, 7) is 3.84. The van der Waals surface area contributed by atoms with E-state index in [0.717, 1.165) is 16.7 Å². The number of aliphatic hydroxyl groups excluding tert-OH is 1. The van der Waals surface area contributed by atoms with Crippen LogP contribution >= 0.6 is 0 Å². The van der Waals surface area contributed by atoms with Gasteiger partial charge in [0.1, 0.15) is 5.58 Å². The van der Waals surface area contributed by atoms with Gasteiger partial charge in [-0.25, -0.2) is 0 Å². The molecule has 132 valence electrons. The van der Waals surface area contributed by atoms with Crippen LogP contribution in [0.2, 0.25) is 0 Å². The van der Waals surface area contributed by atoms with Gasteiger partial charge in [-0.15, -0.1) is 0 Å². The fourth-order valence-electron chi connectivity index (χ4n) is 3.57. The first-order valence-corrected chi connectivity index (χ1v) is 8.57. The van der Waals surface area contributed by atoms with E-state index in [-0.39, 0.29) is 30.2 Å². The number of nitrogens with zero attached hydrogens (tertiary/aromatic N) is 1. The quantitative estimate of drug-likeness (QED) is 0.789. The summed E-state index contributed by atoms with van der Waals surface area (Å²) in [6, 6.07) is 12.5. The number of hydrogen-bond donors (Lipinski definition) is 1. The molecule has 0 fully saturated rings. The lowest BCUT2D eigenvalue weighted by Gasteiger charge is -2.24. The van der Waals surface area contributed by atoms with Crippen LogP contribution in [0.3, 0.4) is 0 Å². The first-order valence-electron chi connectivity index (χ1n) is 8.57. The van der Waals surface area contributed by atoms with E-state index in [2.05, 4.69) is 0 Å². The van der Waals surface area contributed by atoms with Crippen molar-refractivity contribution >= 4 is 16.9 Å². The summed E-state index contributed by atoms with van der Waals surface area (Å²) in [6.07, 6.45) is 0. The standard InChI is InChI=1S/C21H19NO4/c1-12-3-6-14(7-4-12)18-17-19(24)15-11-13(2)5-8-16(15)26-20(17)21(25)22(18)9-10-23/h3-8,11,18,23H,9-10H2,1-2H3/t18-/m1/s1. The third kappa shape index (κ3) is 2.44. The number of β-amino-alcohol motifs (C(OH)–C–C–N with tert-alkyl or cyclic N) is 1. The third-order valence-corrected chi connectivity index (χ3v) is 4.86. The average molecular weight is 349 g/mol. The van der Waals surface area contributed by atoms with Crippen LogP contribution in [0, 0.1) is 13.8 Å². The first kappa shape index (κ1) is 16.5. The van der Waals surface area contributed by atoms with Crippen molar-refractivity contribution in [1.29, 1.82) is 0 Å². The predicted octanol–water partition coefficient (Wildman–Crippen LogP) is 2.95. The van der Waals surface area contributed by atoms with Gasteiger partial charge >= 0.3 is 0 Å². The molecule has 0 bridgehead atoms. The zero-order valence-electron chi connectivity index (χ0n) is 14.7. The largest absolute Gasteiger partial charge is 0.450 e. The van der Waals surface area contributed by atoms with Crippen LogP contribution in [0.5, 0.6) is 0 Å². The lowest BCUT2D eigenvalue weighted by Crippen LogP contribution is -2.32. The number of benzene rings is 2. The van der Waals surface area contributed by atoms with Gasteiger partial charge in [0.05, 0.1) is 23.6 Å². The lowest BCUT2D eigenvalue weighted by molar-refractivity contribution is 0.0691. The van der Waals surface area contributed by atoms with Crippen molar-refractivity contribution in [3.8, 4) is 0 Å². The minimum absolute atomic E-state index is 0.0744. The Hall–Kier alpha value is -2.92. The van der Waals surface area contributed by atoms with Gasteiger partial charge in [-0.2, -0.15) is 0 Å². The Morgan fingerprint density at radius 1 is 1.04 bits per heavy atom. The highest BCUT2D eigenvalue weighted by molar-refractivity contribution is 5.99. The summed E-state index contributed by atoms with van der Waals surface area (Å²) >= 11 is 0. The average Bonchev–Trinajstić information content (AvgIpc) is 2.90. The zero-order valence-corrected chi connectivity index (χ0v) is 14.7. The summed E-state index contributed by atoms with van der Waals surface area (Å²) in [5.41, 5.74) is 3.44. The fourth-order valence-corrected chi connectivity index (χ4v) is 3.57. The highest BCUT2D eigenvalue weighted by atomic mass is 16.3. The number of carbonyl (C=O) groups excluding carboxylic acids is 1. The number of aryl methyl sites for hydroxylation is 2. The molecule has 1 atom stereocenters. The molecule has 1 aliphatic rings. The molecule has 1 N–H and O–H groups in total. The van der Waals surface area contributed by atoms with Gasteiger partial charge in [0.15, 0.2) is 5.43 Å². The summed E-state index contributed by atoms with van der Waals surface area (Å²) < 4.78 is 5.83. The molecule has 2 aromatic carbocycles. The van der Waals surface area contributed by atoms with Crippen LogP contribution in [-0.4, -0.2) is 29.1 Å². The fraction of sp³-hybridized carbons (Fsp3) is 0.238. The lowest BCUT2D eigenvalue weighted by atomic mass is 9.97. The molecule has 0 aliphatic carbocycles. The summed E-state index contributed by atoms with van der Waals surface area (Å²) in [7, 11) is 0. The SMILES string of the molecule is Cc1ccc([C@@H]2c3c(oc4ccc(C)cc4c3=O)C(=O)N2CCO)cc1. The van der Waals surface area contributed by atoms with Crippen LogP contribution in [0.1, 0.15) is 38.9 Å². The Bertz CT molecular complexity index is 1070. The molecular formula is C21H19NO4. The topological polar surface area (TPSA) is 70.8 Å². The molecule has 1 aliphatic heterocycles. The second-order valence-electron chi connectivity index (χ2n) is 6.71. The molecule has 0 saturated carbocycles. The van der Waals surface area contributed by atoms with E-state index in [0.29, 0.717) is 16.5 Å². The Morgan fingerprint density at radius 3 is 2.42 bits per heavy atom. The molecule has 3 aromatic rings. The van der Waals surface area contributed by atoms with Crippen LogP contribution in [-0.2, 0) is 0 Å². The maximum absolute atomic E-state index is 13.2. The Labute approximate surface area is 150 Å².